The van der Waals surface area contributed by atoms with Gasteiger partial charge >= 0.3 is 0 Å². The molecule has 0 saturated heterocycles. The predicted octanol–water partition coefficient (Wildman–Crippen LogP) is 3.13. The van der Waals surface area contributed by atoms with Gasteiger partial charge in [0.2, 0.25) is 5.89 Å². The number of nitrogens with zero attached hydrogens (tertiary/aromatic N) is 2. The molecule has 1 aromatic carbocycles. The van der Waals surface area contributed by atoms with E-state index in [4.69, 9.17) is 10.3 Å². The highest BCUT2D eigenvalue weighted by Crippen LogP contribution is 2.37. The van der Waals surface area contributed by atoms with E-state index in [0.717, 1.165) is 18.7 Å². The van der Waals surface area contributed by atoms with E-state index in [0.29, 0.717) is 12.3 Å². The van der Waals surface area contributed by atoms with Crippen molar-refractivity contribution in [2.45, 2.75) is 57.4 Å². The maximum Gasteiger partial charge on any atom is 0.234 e. The monoisotopic (exact) mass is 285 g/mol. The lowest BCUT2D eigenvalue weighted by Gasteiger charge is -2.35. The Hall–Kier alpha value is -1.68. The summed E-state index contributed by atoms with van der Waals surface area (Å²) in [7, 11) is 0. The lowest BCUT2D eigenvalue weighted by molar-refractivity contribution is 0.203. The first-order valence-electron chi connectivity index (χ1n) is 7.72. The molecule has 2 atom stereocenters. The van der Waals surface area contributed by atoms with E-state index in [-0.39, 0.29) is 11.5 Å². The van der Waals surface area contributed by atoms with Crippen molar-refractivity contribution in [3.63, 3.8) is 0 Å². The van der Waals surface area contributed by atoms with Crippen molar-refractivity contribution in [1.82, 2.24) is 10.1 Å². The number of nitrogens with two attached hydrogens (primary N) is 1. The van der Waals surface area contributed by atoms with Crippen molar-refractivity contribution in [3.8, 4) is 0 Å². The van der Waals surface area contributed by atoms with Crippen LogP contribution in [0.5, 0.6) is 0 Å². The van der Waals surface area contributed by atoms with E-state index in [1.807, 2.05) is 0 Å². The third-order valence-electron chi connectivity index (χ3n) is 4.72. The molecule has 2 aromatic rings. The van der Waals surface area contributed by atoms with Gasteiger partial charge < -0.3 is 10.3 Å². The van der Waals surface area contributed by atoms with Crippen LogP contribution in [-0.2, 0) is 11.8 Å². The van der Waals surface area contributed by atoms with Gasteiger partial charge in [-0.15, -0.1) is 0 Å². The fourth-order valence-electron chi connectivity index (χ4n) is 3.07. The number of hydrogen-bond donors (Lipinski definition) is 1. The van der Waals surface area contributed by atoms with Gasteiger partial charge in [-0.1, -0.05) is 47.8 Å². The van der Waals surface area contributed by atoms with Crippen molar-refractivity contribution in [3.05, 3.63) is 47.1 Å². The minimum absolute atomic E-state index is 0.110. The Morgan fingerprint density at radius 1 is 1.29 bits per heavy atom. The fourth-order valence-corrected chi connectivity index (χ4v) is 3.07. The first-order chi connectivity index (χ1) is 10.1. The molecule has 0 bridgehead atoms. The second kappa shape index (κ2) is 5.60. The SMILES string of the molecule is Cc1ccc(Cc2noc(C3(C)CCCCC3N)n2)cc1. The lowest BCUT2D eigenvalue weighted by atomic mass is 9.72. The Morgan fingerprint density at radius 2 is 2.05 bits per heavy atom. The van der Waals surface area contributed by atoms with Gasteiger partial charge in [-0.05, 0) is 32.3 Å². The zero-order valence-electron chi connectivity index (χ0n) is 12.8. The molecule has 1 aliphatic carbocycles. The summed E-state index contributed by atoms with van der Waals surface area (Å²) in [6.45, 7) is 4.24. The molecule has 1 fully saturated rings. The molecule has 0 radical (unpaired) electrons. The Kier molecular flexibility index (Phi) is 3.81. The summed E-state index contributed by atoms with van der Waals surface area (Å²) < 4.78 is 5.53. The Labute approximate surface area is 125 Å². The van der Waals surface area contributed by atoms with Gasteiger partial charge in [-0.3, -0.25) is 0 Å². The van der Waals surface area contributed by atoms with E-state index in [2.05, 4.69) is 48.3 Å². The minimum atomic E-state index is -0.170. The van der Waals surface area contributed by atoms with Crippen molar-refractivity contribution in [1.29, 1.82) is 0 Å². The van der Waals surface area contributed by atoms with Crippen LogP contribution >= 0.6 is 0 Å². The van der Waals surface area contributed by atoms with E-state index < -0.39 is 0 Å². The van der Waals surface area contributed by atoms with Crippen LogP contribution in [0.25, 0.3) is 0 Å². The van der Waals surface area contributed by atoms with Gasteiger partial charge in [0, 0.05) is 12.5 Å². The zero-order valence-corrected chi connectivity index (χ0v) is 12.8. The quantitative estimate of drug-likeness (QED) is 0.941. The van der Waals surface area contributed by atoms with Crippen LogP contribution in [0.2, 0.25) is 0 Å². The Bertz CT molecular complexity index is 605. The summed E-state index contributed by atoms with van der Waals surface area (Å²) in [6, 6.07) is 8.54. The van der Waals surface area contributed by atoms with Gasteiger partial charge in [-0.2, -0.15) is 4.98 Å². The molecule has 2 N–H and O–H groups in total. The van der Waals surface area contributed by atoms with E-state index in [9.17, 15) is 0 Å². The van der Waals surface area contributed by atoms with Gasteiger partial charge in [-0.25, -0.2) is 0 Å². The normalized spacial score (nSPS) is 26.0. The zero-order chi connectivity index (χ0) is 14.9. The summed E-state index contributed by atoms with van der Waals surface area (Å²) in [5, 5.41) is 4.15. The van der Waals surface area contributed by atoms with Crippen molar-refractivity contribution in [2.75, 3.05) is 0 Å². The van der Waals surface area contributed by atoms with E-state index in [1.54, 1.807) is 0 Å². The third-order valence-corrected chi connectivity index (χ3v) is 4.72. The molecule has 1 aliphatic rings. The van der Waals surface area contributed by atoms with Crippen LogP contribution in [0.15, 0.2) is 28.8 Å². The molecule has 3 rings (SSSR count). The van der Waals surface area contributed by atoms with Crippen LogP contribution in [0.3, 0.4) is 0 Å². The average Bonchev–Trinajstić information content (AvgIpc) is 2.94. The van der Waals surface area contributed by atoms with E-state index in [1.165, 1.54) is 24.0 Å². The number of hydrogen-bond acceptors (Lipinski definition) is 4. The topological polar surface area (TPSA) is 64.9 Å². The van der Waals surface area contributed by atoms with Gasteiger partial charge in [0.05, 0.1) is 5.41 Å². The number of aryl methyl sites for hydroxylation is 1. The molecule has 112 valence electrons. The largest absolute Gasteiger partial charge is 0.339 e. The molecule has 21 heavy (non-hydrogen) atoms. The van der Waals surface area contributed by atoms with Crippen LogP contribution in [0.1, 0.15) is 55.4 Å². The smallest absolute Gasteiger partial charge is 0.234 e. The van der Waals surface area contributed by atoms with Crippen LogP contribution in [0, 0.1) is 6.92 Å². The van der Waals surface area contributed by atoms with Crippen molar-refractivity contribution < 1.29 is 4.52 Å². The maximum absolute atomic E-state index is 6.30. The number of aromatic nitrogens is 2. The van der Waals surface area contributed by atoms with Crippen molar-refractivity contribution >= 4 is 0 Å². The van der Waals surface area contributed by atoms with Gasteiger partial charge in [0.1, 0.15) is 0 Å². The average molecular weight is 285 g/mol. The first kappa shape index (κ1) is 14.3. The molecule has 4 nitrogen and oxygen atoms in total. The molecular weight excluding hydrogens is 262 g/mol. The predicted molar refractivity (Wildman–Crippen MR) is 82.1 cm³/mol. The molecule has 0 amide bonds. The molecule has 1 heterocycles. The molecule has 2 unspecified atom stereocenters. The van der Waals surface area contributed by atoms with Crippen LogP contribution < -0.4 is 5.73 Å². The van der Waals surface area contributed by atoms with Gasteiger partial charge in [0.25, 0.3) is 0 Å². The van der Waals surface area contributed by atoms with Crippen molar-refractivity contribution in [2.24, 2.45) is 5.73 Å². The Morgan fingerprint density at radius 3 is 2.76 bits per heavy atom. The summed E-state index contributed by atoms with van der Waals surface area (Å²) in [4.78, 5) is 4.62. The second-order valence-corrected chi connectivity index (χ2v) is 6.45. The molecule has 1 saturated carbocycles. The molecule has 4 heteroatoms. The second-order valence-electron chi connectivity index (χ2n) is 6.45. The highest BCUT2D eigenvalue weighted by molar-refractivity contribution is 5.24. The summed E-state index contributed by atoms with van der Waals surface area (Å²) in [5.74, 6) is 1.45. The molecule has 0 spiro atoms. The minimum Gasteiger partial charge on any atom is -0.339 e. The van der Waals surface area contributed by atoms with Crippen LogP contribution in [0.4, 0.5) is 0 Å². The highest BCUT2D eigenvalue weighted by atomic mass is 16.5. The molecular formula is C17H23N3O. The first-order valence-corrected chi connectivity index (χ1v) is 7.72. The van der Waals surface area contributed by atoms with Gasteiger partial charge in [0.15, 0.2) is 5.82 Å². The summed E-state index contributed by atoms with van der Waals surface area (Å²) >= 11 is 0. The molecule has 0 aliphatic heterocycles. The highest BCUT2D eigenvalue weighted by Gasteiger charge is 2.40. The number of benzene rings is 1. The Balaban J connectivity index is 1.78. The summed E-state index contributed by atoms with van der Waals surface area (Å²) in [6.07, 6.45) is 5.14. The fraction of sp³-hybridized carbons (Fsp3) is 0.529. The summed E-state index contributed by atoms with van der Waals surface area (Å²) in [5.41, 5.74) is 8.58. The standard InChI is InChI=1S/C17H23N3O/c1-12-6-8-13(9-7-12)11-15-19-16(21-20-15)17(2)10-4-3-5-14(17)18/h6-9,14H,3-5,10-11,18H2,1-2H3. The lowest BCUT2D eigenvalue weighted by Crippen LogP contribution is -2.45. The third kappa shape index (κ3) is 2.86. The number of rotatable bonds is 3. The maximum atomic E-state index is 6.30. The molecule has 1 aromatic heterocycles. The van der Waals surface area contributed by atoms with E-state index >= 15 is 0 Å². The van der Waals surface area contributed by atoms with Crippen LogP contribution in [-0.4, -0.2) is 16.2 Å².